The topological polar surface area (TPSA) is 26.3 Å². The molecule has 1 rings (SSSR count). The van der Waals surface area contributed by atoms with Crippen LogP contribution in [0, 0.1) is 0 Å². The molecule has 0 saturated heterocycles. The van der Waals surface area contributed by atoms with Crippen molar-refractivity contribution in [3.8, 4) is 0 Å². The van der Waals surface area contributed by atoms with E-state index in [1.165, 1.54) is 25.6 Å². The fourth-order valence-corrected chi connectivity index (χ4v) is 2.03. The van der Waals surface area contributed by atoms with Gasteiger partial charge in [0.1, 0.15) is 5.60 Å². The molecule has 0 N–H and O–H groups in total. The molecule has 0 saturated carbocycles. The van der Waals surface area contributed by atoms with Gasteiger partial charge in [0, 0.05) is 10.6 Å². The molecule has 0 radical (unpaired) electrons. The van der Waals surface area contributed by atoms with Crippen LogP contribution in [0.3, 0.4) is 0 Å². The highest BCUT2D eigenvalue weighted by atomic mass is 32.2. The minimum absolute atomic E-state index is 0.249. The summed E-state index contributed by atoms with van der Waals surface area (Å²) in [5.74, 6) is -1.90. The molecule has 0 amide bonds. The van der Waals surface area contributed by atoms with Crippen molar-refractivity contribution in [1.82, 2.24) is 0 Å². The van der Waals surface area contributed by atoms with E-state index >= 15 is 0 Å². The number of carbonyl (C=O) groups is 1. The van der Waals surface area contributed by atoms with Gasteiger partial charge in [-0.1, -0.05) is 18.2 Å². The third-order valence-corrected chi connectivity index (χ3v) is 3.38. The van der Waals surface area contributed by atoms with Gasteiger partial charge in [-0.05, 0) is 26.0 Å². The van der Waals surface area contributed by atoms with Crippen LogP contribution in [0.1, 0.15) is 13.8 Å². The highest BCUT2D eigenvalue weighted by Gasteiger charge is 2.43. The molecule has 18 heavy (non-hydrogen) atoms. The van der Waals surface area contributed by atoms with E-state index in [1.807, 2.05) is 30.3 Å². The van der Waals surface area contributed by atoms with Crippen molar-refractivity contribution in [1.29, 1.82) is 0 Å². The fourth-order valence-electron chi connectivity index (χ4n) is 1.11. The van der Waals surface area contributed by atoms with Crippen molar-refractivity contribution >= 4 is 17.7 Å². The molecule has 2 nitrogen and oxygen atoms in total. The summed E-state index contributed by atoms with van der Waals surface area (Å²) >= 11 is 1.34. The van der Waals surface area contributed by atoms with Crippen LogP contribution in [0.5, 0.6) is 0 Å². The summed E-state index contributed by atoms with van der Waals surface area (Å²) in [5, 5.41) is 0. The van der Waals surface area contributed by atoms with E-state index in [2.05, 4.69) is 4.74 Å². The average molecular weight is 278 g/mol. The molecule has 1 aromatic rings. The standard InChI is InChI=1S/C12H13F3O2S/c1-11(2,17-10(16)12(13,14)15)8-18-9-6-4-3-5-7-9/h3-7H,8H2,1-2H3. The molecule has 0 atom stereocenters. The lowest BCUT2D eigenvalue weighted by Gasteiger charge is -2.25. The summed E-state index contributed by atoms with van der Waals surface area (Å²) in [6.07, 6.45) is -4.95. The minimum atomic E-state index is -4.95. The van der Waals surface area contributed by atoms with Crippen LogP contribution in [0.4, 0.5) is 13.2 Å². The summed E-state index contributed by atoms with van der Waals surface area (Å²) < 4.78 is 40.6. The van der Waals surface area contributed by atoms with Gasteiger partial charge in [0.2, 0.25) is 0 Å². The first-order valence-electron chi connectivity index (χ1n) is 5.19. The maximum atomic E-state index is 12.1. The van der Waals surface area contributed by atoms with Crippen LogP contribution >= 0.6 is 11.8 Å². The predicted octanol–water partition coefficient (Wildman–Crippen LogP) is 3.66. The Morgan fingerprint density at radius 1 is 1.22 bits per heavy atom. The quantitative estimate of drug-likeness (QED) is 0.621. The fraction of sp³-hybridized carbons (Fsp3) is 0.417. The number of thioether (sulfide) groups is 1. The number of esters is 1. The van der Waals surface area contributed by atoms with Crippen molar-refractivity contribution in [3.05, 3.63) is 30.3 Å². The number of hydrogen-bond acceptors (Lipinski definition) is 3. The van der Waals surface area contributed by atoms with E-state index in [0.29, 0.717) is 0 Å². The number of halogens is 3. The zero-order valence-corrected chi connectivity index (χ0v) is 10.8. The van der Waals surface area contributed by atoms with Crippen LogP contribution in [0.25, 0.3) is 0 Å². The average Bonchev–Trinajstić information content (AvgIpc) is 2.26. The molecule has 0 spiro atoms. The maximum absolute atomic E-state index is 12.1. The summed E-state index contributed by atoms with van der Waals surface area (Å²) in [7, 11) is 0. The van der Waals surface area contributed by atoms with Crippen molar-refractivity contribution < 1.29 is 22.7 Å². The van der Waals surface area contributed by atoms with Crippen LogP contribution in [0.2, 0.25) is 0 Å². The first kappa shape index (κ1) is 14.9. The Morgan fingerprint density at radius 3 is 2.28 bits per heavy atom. The molecule has 100 valence electrons. The first-order valence-corrected chi connectivity index (χ1v) is 6.17. The normalized spacial score (nSPS) is 12.3. The van der Waals surface area contributed by atoms with Gasteiger partial charge < -0.3 is 4.74 Å². The Kier molecular flexibility index (Phi) is 4.67. The first-order chi connectivity index (χ1) is 8.21. The van der Waals surface area contributed by atoms with Crippen LogP contribution in [0.15, 0.2) is 35.2 Å². The zero-order chi connectivity index (χ0) is 13.8. The summed E-state index contributed by atoms with van der Waals surface area (Å²) in [5.41, 5.74) is -1.17. The minimum Gasteiger partial charge on any atom is -0.452 e. The SMILES string of the molecule is CC(C)(CSc1ccccc1)OC(=O)C(F)(F)F. The number of carbonyl (C=O) groups excluding carboxylic acids is 1. The Labute approximate surface area is 108 Å². The monoisotopic (exact) mass is 278 g/mol. The van der Waals surface area contributed by atoms with Gasteiger partial charge in [0.25, 0.3) is 0 Å². The van der Waals surface area contributed by atoms with Crippen molar-refractivity contribution in [2.75, 3.05) is 5.75 Å². The van der Waals surface area contributed by atoms with Crippen molar-refractivity contribution in [3.63, 3.8) is 0 Å². The molecule has 6 heteroatoms. The number of hydrogen-bond donors (Lipinski definition) is 0. The Balaban J connectivity index is 2.53. The second kappa shape index (κ2) is 5.65. The number of alkyl halides is 3. The van der Waals surface area contributed by atoms with E-state index in [9.17, 15) is 18.0 Å². The molecule has 0 heterocycles. The third kappa shape index (κ3) is 5.00. The van der Waals surface area contributed by atoms with Gasteiger partial charge in [-0.3, -0.25) is 0 Å². The Morgan fingerprint density at radius 2 is 1.78 bits per heavy atom. The highest BCUT2D eigenvalue weighted by molar-refractivity contribution is 7.99. The summed E-state index contributed by atoms with van der Waals surface area (Å²) in [4.78, 5) is 11.6. The van der Waals surface area contributed by atoms with Gasteiger partial charge in [-0.2, -0.15) is 13.2 Å². The highest BCUT2D eigenvalue weighted by Crippen LogP contribution is 2.27. The number of ether oxygens (including phenoxy) is 1. The van der Waals surface area contributed by atoms with Gasteiger partial charge in [-0.15, -0.1) is 11.8 Å². The van der Waals surface area contributed by atoms with Gasteiger partial charge in [0.05, 0.1) is 0 Å². The Hall–Kier alpha value is -1.17. The van der Waals surface area contributed by atoms with Gasteiger partial charge >= 0.3 is 12.1 Å². The summed E-state index contributed by atoms with van der Waals surface area (Å²) in [6.45, 7) is 2.90. The molecule has 0 aromatic heterocycles. The molecule has 0 aliphatic heterocycles. The van der Waals surface area contributed by atoms with Gasteiger partial charge in [0.15, 0.2) is 0 Å². The van der Waals surface area contributed by atoms with E-state index in [4.69, 9.17) is 0 Å². The van der Waals surface area contributed by atoms with E-state index < -0.39 is 17.7 Å². The molecule has 0 aliphatic carbocycles. The maximum Gasteiger partial charge on any atom is 0.490 e. The van der Waals surface area contributed by atoms with E-state index in [-0.39, 0.29) is 5.75 Å². The number of benzene rings is 1. The molecule has 0 unspecified atom stereocenters. The zero-order valence-electron chi connectivity index (χ0n) is 9.95. The summed E-state index contributed by atoms with van der Waals surface area (Å²) in [6, 6.07) is 9.19. The van der Waals surface area contributed by atoms with Crippen LogP contribution in [-0.4, -0.2) is 23.5 Å². The van der Waals surface area contributed by atoms with Crippen molar-refractivity contribution in [2.45, 2.75) is 30.5 Å². The predicted molar refractivity (Wildman–Crippen MR) is 63.4 cm³/mol. The lowest BCUT2D eigenvalue weighted by atomic mass is 10.2. The largest absolute Gasteiger partial charge is 0.490 e. The second-order valence-electron chi connectivity index (χ2n) is 4.25. The molecule has 1 aromatic carbocycles. The Bertz CT molecular complexity index is 402. The second-order valence-corrected chi connectivity index (χ2v) is 5.30. The lowest BCUT2D eigenvalue weighted by Crippen LogP contribution is -2.37. The molecule has 0 aliphatic rings. The smallest absolute Gasteiger partial charge is 0.452 e. The molecular formula is C12H13F3O2S. The van der Waals surface area contributed by atoms with E-state index in [1.54, 1.807) is 0 Å². The van der Waals surface area contributed by atoms with E-state index in [0.717, 1.165) is 4.90 Å². The molecule has 0 fully saturated rings. The molecular weight excluding hydrogens is 265 g/mol. The lowest BCUT2D eigenvalue weighted by molar-refractivity contribution is -0.209. The molecule has 0 bridgehead atoms. The van der Waals surface area contributed by atoms with Crippen LogP contribution in [-0.2, 0) is 9.53 Å². The number of rotatable bonds is 4. The van der Waals surface area contributed by atoms with Gasteiger partial charge in [-0.25, -0.2) is 4.79 Å². The van der Waals surface area contributed by atoms with Crippen molar-refractivity contribution in [2.24, 2.45) is 0 Å². The third-order valence-electron chi connectivity index (χ3n) is 1.93. The van der Waals surface area contributed by atoms with Crippen LogP contribution < -0.4 is 0 Å².